The molecular formula is C19H23F3N4O6S. The molecule has 2 rings (SSSR count). The van der Waals surface area contributed by atoms with Crippen LogP contribution in [0.5, 0.6) is 11.5 Å². The molecule has 1 aromatic heterocycles. The smallest absolute Gasteiger partial charge is 0.490 e. The minimum absolute atomic E-state index is 0.250. The highest BCUT2D eigenvalue weighted by Crippen LogP contribution is 2.32. The molecule has 182 valence electrons. The van der Waals surface area contributed by atoms with Crippen LogP contribution >= 0.6 is 12.2 Å². The first-order chi connectivity index (χ1) is 15.3. The number of H-pyrrole nitrogens is 1. The van der Waals surface area contributed by atoms with Crippen LogP contribution < -0.4 is 26.1 Å². The molecule has 0 unspecified atom stereocenters. The molecule has 0 saturated heterocycles. The summed E-state index contributed by atoms with van der Waals surface area (Å²) >= 11 is 5.29. The summed E-state index contributed by atoms with van der Waals surface area (Å²) in [6.45, 7) is 2.28. The molecular weight excluding hydrogens is 469 g/mol. The lowest BCUT2D eigenvalue weighted by Crippen LogP contribution is -2.39. The van der Waals surface area contributed by atoms with E-state index in [1.54, 1.807) is 36.8 Å². The van der Waals surface area contributed by atoms with Crippen LogP contribution in [0.3, 0.4) is 0 Å². The lowest BCUT2D eigenvalue weighted by atomic mass is 10.1. The number of ether oxygens (including phenoxy) is 2. The number of amides is 1. The Bertz CT molecular complexity index is 1100. The number of benzene rings is 1. The number of methoxy groups -OCH3 is 2. The Labute approximate surface area is 191 Å². The van der Waals surface area contributed by atoms with Crippen molar-refractivity contribution in [3.8, 4) is 22.8 Å². The van der Waals surface area contributed by atoms with Gasteiger partial charge in [-0.2, -0.15) is 13.2 Å². The molecule has 5 N–H and O–H groups in total. The number of alkyl halides is 3. The number of nitrogens with zero attached hydrogens (tertiary/aromatic N) is 1. The lowest BCUT2D eigenvalue weighted by Gasteiger charge is -2.17. The summed E-state index contributed by atoms with van der Waals surface area (Å²) < 4.78 is 44.3. The van der Waals surface area contributed by atoms with Gasteiger partial charge in [0.15, 0.2) is 4.77 Å². The maximum atomic E-state index is 11.9. The Morgan fingerprint density at radius 3 is 2.36 bits per heavy atom. The van der Waals surface area contributed by atoms with Gasteiger partial charge in [0, 0.05) is 30.8 Å². The second-order valence-electron chi connectivity index (χ2n) is 6.42. The van der Waals surface area contributed by atoms with Crippen molar-refractivity contribution < 1.29 is 37.3 Å². The van der Waals surface area contributed by atoms with Crippen LogP contribution in [0.4, 0.5) is 13.2 Å². The Balaban J connectivity index is 0.000000675. The van der Waals surface area contributed by atoms with Crippen LogP contribution in [0, 0.1) is 4.77 Å². The van der Waals surface area contributed by atoms with Gasteiger partial charge < -0.3 is 30.2 Å². The molecule has 33 heavy (non-hydrogen) atoms. The first-order valence-electron chi connectivity index (χ1n) is 9.21. The maximum absolute atomic E-state index is 11.9. The number of halogens is 3. The third-order valence-corrected chi connectivity index (χ3v) is 4.33. The highest BCUT2D eigenvalue weighted by molar-refractivity contribution is 7.71. The second kappa shape index (κ2) is 12.0. The van der Waals surface area contributed by atoms with Crippen molar-refractivity contribution in [1.29, 1.82) is 0 Å². The highest BCUT2D eigenvalue weighted by Gasteiger charge is 2.38. The van der Waals surface area contributed by atoms with Gasteiger partial charge in [-0.25, -0.2) is 4.79 Å². The van der Waals surface area contributed by atoms with Gasteiger partial charge in [0.05, 0.1) is 26.0 Å². The minimum Gasteiger partial charge on any atom is -0.497 e. The third-order valence-electron chi connectivity index (χ3n) is 4.01. The summed E-state index contributed by atoms with van der Waals surface area (Å²) in [5, 5.41) is 9.85. The van der Waals surface area contributed by atoms with E-state index < -0.39 is 18.2 Å². The standard InChI is InChI=1S/C17H22N4O4S.C2HF3O2/c1-10(18)16(23)19-6-7-21-13(9-15(22)20-17(21)26)12-5-4-11(24-2)8-14(12)25-3;3-2(4,5)1(6)7/h4-5,8-10H,6-7,18H2,1-3H3,(H,19,23)(H,20,22,26);(H,6,7)/t10-;/m0./s1. The predicted octanol–water partition coefficient (Wildman–Crippen LogP) is 1.69. The average Bonchev–Trinajstić information content (AvgIpc) is 2.73. The van der Waals surface area contributed by atoms with Crippen molar-refractivity contribution in [1.82, 2.24) is 14.9 Å². The second-order valence-corrected chi connectivity index (χ2v) is 6.81. The van der Waals surface area contributed by atoms with Crippen LogP contribution in [0.15, 0.2) is 29.1 Å². The van der Waals surface area contributed by atoms with Gasteiger partial charge in [-0.1, -0.05) is 0 Å². The van der Waals surface area contributed by atoms with Crippen molar-refractivity contribution in [3.63, 3.8) is 0 Å². The molecule has 1 amide bonds. The van der Waals surface area contributed by atoms with Gasteiger partial charge in [-0.05, 0) is 31.3 Å². The first kappa shape index (κ1) is 27.6. The average molecular weight is 492 g/mol. The number of hydrogen-bond acceptors (Lipinski definition) is 7. The van der Waals surface area contributed by atoms with E-state index in [4.69, 9.17) is 37.3 Å². The van der Waals surface area contributed by atoms with Gasteiger partial charge >= 0.3 is 12.1 Å². The zero-order valence-corrected chi connectivity index (χ0v) is 18.7. The normalized spacial score (nSPS) is 11.6. The molecule has 14 heteroatoms. The fourth-order valence-electron chi connectivity index (χ4n) is 2.43. The molecule has 0 aliphatic heterocycles. The molecule has 0 spiro atoms. The van der Waals surface area contributed by atoms with Crippen LogP contribution in [0.25, 0.3) is 11.3 Å². The molecule has 1 atom stereocenters. The molecule has 2 aromatic rings. The maximum Gasteiger partial charge on any atom is 0.490 e. The SMILES string of the molecule is COc1ccc(-c2cc(=O)[nH]c(=S)n2CCNC(=O)[C@H](C)N)c(OC)c1.O=C(O)C(F)(F)F. The Kier molecular flexibility index (Phi) is 10.1. The fraction of sp³-hybridized carbons (Fsp3) is 0.368. The predicted molar refractivity (Wildman–Crippen MR) is 115 cm³/mol. The van der Waals surface area contributed by atoms with Crippen molar-refractivity contribution in [2.75, 3.05) is 20.8 Å². The molecule has 1 aromatic carbocycles. The third kappa shape index (κ3) is 8.23. The summed E-state index contributed by atoms with van der Waals surface area (Å²) in [5.74, 6) is -1.85. The van der Waals surface area contributed by atoms with Crippen molar-refractivity contribution >= 4 is 24.1 Å². The van der Waals surface area contributed by atoms with Crippen molar-refractivity contribution in [2.24, 2.45) is 5.73 Å². The number of aromatic nitrogens is 2. The number of nitrogens with two attached hydrogens (primary N) is 1. The number of aromatic amines is 1. The molecule has 10 nitrogen and oxygen atoms in total. The minimum atomic E-state index is -5.08. The molecule has 0 saturated carbocycles. The van der Waals surface area contributed by atoms with Crippen LogP contribution in [-0.2, 0) is 16.1 Å². The number of aliphatic carboxylic acids is 1. The van der Waals surface area contributed by atoms with Crippen LogP contribution in [0.1, 0.15) is 6.92 Å². The highest BCUT2D eigenvalue weighted by atomic mass is 32.1. The van der Waals surface area contributed by atoms with E-state index in [-0.39, 0.29) is 16.2 Å². The van der Waals surface area contributed by atoms with E-state index in [0.29, 0.717) is 35.8 Å². The molecule has 0 radical (unpaired) electrons. The van der Waals surface area contributed by atoms with E-state index in [0.717, 1.165) is 0 Å². The molecule has 0 bridgehead atoms. The topological polar surface area (TPSA) is 149 Å². The van der Waals surface area contributed by atoms with E-state index in [2.05, 4.69) is 10.3 Å². The number of carboxylic acid groups (broad SMARTS) is 1. The number of nitrogens with one attached hydrogen (secondary N) is 2. The van der Waals surface area contributed by atoms with Gasteiger partial charge in [0.2, 0.25) is 5.91 Å². The Hall–Kier alpha value is -3.39. The first-order valence-corrected chi connectivity index (χ1v) is 9.62. The summed E-state index contributed by atoms with van der Waals surface area (Å²) in [5.41, 5.74) is 6.48. The van der Waals surface area contributed by atoms with Crippen molar-refractivity contribution in [3.05, 3.63) is 39.4 Å². The number of carboxylic acids is 1. The lowest BCUT2D eigenvalue weighted by molar-refractivity contribution is -0.192. The van der Waals surface area contributed by atoms with E-state index in [9.17, 15) is 22.8 Å². The monoisotopic (exact) mass is 492 g/mol. The van der Waals surface area contributed by atoms with E-state index >= 15 is 0 Å². The fourth-order valence-corrected chi connectivity index (χ4v) is 2.72. The number of carbonyl (C=O) groups is 2. The number of rotatable bonds is 7. The van der Waals surface area contributed by atoms with Gasteiger partial charge in [-0.15, -0.1) is 0 Å². The van der Waals surface area contributed by atoms with E-state index in [1.165, 1.54) is 13.2 Å². The number of carbonyl (C=O) groups excluding carboxylic acids is 1. The zero-order chi connectivity index (χ0) is 25.3. The van der Waals surface area contributed by atoms with Gasteiger partial charge in [-0.3, -0.25) is 14.6 Å². The van der Waals surface area contributed by atoms with E-state index in [1.807, 2.05) is 0 Å². The zero-order valence-electron chi connectivity index (χ0n) is 17.9. The largest absolute Gasteiger partial charge is 0.497 e. The van der Waals surface area contributed by atoms with Gasteiger partial charge in [0.1, 0.15) is 11.5 Å². The molecule has 0 aliphatic rings. The summed E-state index contributed by atoms with van der Waals surface area (Å²) in [6, 6.07) is 6.12. The molecule has 1 heterocycles. The van der Waals surface area contributed by atoms with Crippen LogP contribution in [0.2, 0.25) is 0 Å². The van der Waals surface area contributed by atoms with Crippen molar-refractivity contribution in [2.45, 2.75) is 25.7 Å². The summed E-state index contributed by atoms with van der Waals surface area (Å²) in [7, 11) is 3.09. The van der Waals surface area contributed by atoms with Crippen LogP contribution in [-0.4, -0.2) is 59.5 Å². The quantitative estimate of drug-likeness (QED) is 0.427. The summed E-state index contributed by atoms with van der Waals surface area (Å²) in [4.78, 5) is 35.1. The Morgan fingerprint density at radius 1 is 1.27 bits per heavy atom. The van der Waals surface area contributed by atoms with Gasteiger partial charge in [0.25, 0.3) is 5.56 Å². The molecule has 0 aliphatic carbocycles. The molecule has 0 fully saturated rings. The Morgan fingerprint density at radius 2 is 1.88 bits per heavy atom. The number of hydrogen-bond donors (Lipinski definition) is 4. The summed E-state index contributed by atoms with van der Waals surface area (Å²) in [6.07, 6.45) is -5.08.